The van der Waals surface area contributed by atoms with Gasteiger partial charge in [-0.05, 0) is 30.3 Å². The van der Waals surface area contributed by atoms with Gasteiger partial charge in [-0.1, -0.05) is 0 Å². The molecule has 9 nitrogen and oxygen atoms in total. The molecule has 2 N–H and O–H groups in total. The highest BCUT2D eigenvalue weighted by Crippen LogP contribution is 2.25. The number of fused-ring (bicyclic) bond motifs is 1. The fourth-order valence-corrected chi connectivity index (χ4v) is 3.62. The van der Waals surface area contributed by atoms with E-state index in [-0.39, 0.29) is 29.9 Å². The van der Waals surface area contributed by atoms with E-state index >= 15 is 0 Å². The first-order chi connectivity index (χ1) is 14.9. The number of aromatic amines is 1. The monoisotopic (exact) mass is 425 g/mol. The fourth-order valence-electron chi connectivity index (χ4n) is 3.62. The highest BCUT2D eigenvalue weighted by atomic mass is 19.1. The van der Waals surface area contributed by atoms with Crippen molar-refractivity contribution in [3.05, 3.63) is 70.2 Å². The van der Waals surface area contributed by atoms with Gasteiger partial charge in [0.05, 0.1) is 17.0 Å². The van der Waals surface area contributed by atoms with Gasteiger partial charge in [0.15, 0.2) is 0 Å². The average molecular weight is 425 g/mol. The first-order valence-electron chi connectivity index (χ1n) is 9.73. The molecule has 0 radical (unpaired) electrons. The Hall–Kier alpha value is -3.79. The SMILES string of the molecule is O=C(CN1CCN(C(=O)c2c[nH]c3ccc([N+](=O)[O-])cc23)CC1)Nc1ccc(F)cc1. The van der Waals surface area contributed by atoms with Gasteiger partial charge in [0.1, 0.15) is 5.82 Å². The first-order valence-corrected chi connectivity index (χ1v) is 9.73. The Morgan fingerprint density at radius 2 is 1.81 bits per heavy atom. The Morgan fingerprint density at radius 3 is 2.48 bits per heavy atom. The van der Waals surface area contributed by atoms with Crippen LogP contribution in [0.2, 0.25) is 0 Å². The van der Waals surface area contributed by atoms with Crippen molar-refractivity contribution >= 4 is 34.1 Å². The summed E-state index contributed by atoms with van der Waals surface area (Å²) in [5, 5.41) is 14.3. The van der Waals surface area contributed by atoms with Gasteiger partial charge in [-0.25, -0.2) is 4.39 Å². The Kier molecular flexibility index (Phi) is 5.63. The van der Waals surface area contributed by atoms with Crippen LogP contribution in [-0.4, -0.2) is 64.2 Å². The second-order valence-corrected chi connectivity index (χ2v) is 7.31. The van der Waals surface area contributed by atoms with E-state index in [2.05, 4.69) is 10.3 Å². The summed E-state index contributed by atoms with van der Waals surface area (Å²) in [7, 11) is 0. The summed E-state index contributed by atoms with van der Waals surface area (Å²) in [6.07, 6.45) is 1.57. The molecule has 2 amide bonds. The maximum Gasteiger partial charge on any atom is 0.270 e. The van der Waals surface area contributed by atoms with Crippen LogP contribution in [0.4, 0.5) is 15.8 Å². The zero-order valence-electron chi connectivity index (χ0n) is 16.5. The molecule has 3 aromatic rings. The van der Waals surface area contributed by atoms with Crippen molar-refractivity contribution in [3.8, 4) is 0 Å². The van der Waals surface area contributed by atoms with Gasteiger partial charge in [-0.2, -0.15) is 0 Å². The number of aromatic nitrogens is 1. The Morgan fingerprint density at radius 1 is 1.10 bits per heavy atom. The number of nitrogens with zero attached hydrogens (tertiary/aromatic N) is 3. The van der Waals surface area contributed by atoms with Crippen molar-refractivity contribution in [2.24, 2.45) is 0 Å². The molecule has 1 aliphatic rings. The van der Waals surface area contributed by atoms with Gasteiger partial charge in [-0.3, -0.25) is 24.6 Å². The van der Waals surface area contributed by atoms with Crippen LogP contribution in [0, 0.1) is 15.9 Å². The number of hydrogen-bond donors (Lipinski definition) is 2. The molecule has 0 bridgehead atoms. The van der Waals surface area contributed by atoms with Crippen LogP contribution in [0.1, 0.15) is 10.4 Å². The van der Waals surface area contributed by atoms with Gasteiger partial charge in [0.25, 0.3) is 11.6 Å². The number of nitro benzene ring substituents is 1. The van der Waals surface area contributed by atoms with E-state index in [1.165, 1.54) is 36.4 Å². The van der Waals surface area contributed by atoms with Crippen LogP contribution >= 0.6 is 0 Å². The Labute approximate surface area is 176 Å². The molecule has 0 unspecified atom stereocenters. The van der Waals surface area contributed by atoms with Crippen molar-refractivity contribution in [2.45, 2.75) is 0 Å². The summed E-state index contributed by atoms with van der Waals surface area (Å²) in [5.74, 6) is -0.791. The highest BCUT2D eigenvalue weighted by Gasteiger charge is 2.25. The summed E-state index contributed by atoms with van der Waals surface area (Å²) in [6.45, 7) is 2.07. The largest absolute Gasteiger partial charge is 0.360 e. The van der Waals surface area contributed by atoms with Gasteiger partial charge < -0.3 is 15.2 Å². The number of nitro groups is 1. The van der Waals surface area contributed by atoms with Crippen LogP contribution in [0.3, 0.4) is 0 Å². The van der Waals surface area contributed by atoms with E-state index in [9.17, 15) is 24.1 Å². The van der Waals surface area contributed by atoms with E-state index < -0.39 is 4.92 Å². The lowest BCUT2D eigenvalue weighted by Gasteiger charge is -2.34. The fraction of sp³-hybridized carbons (Fsp3) is 0.238. The molecule has 0 saturated carbocycles. The maximum atomic E-state index is 13.0. The van der Waals surface area contributed by atoms with Crippen LogP contribution in [0.25, 0.3) is 10.9 Å². The number of rotatable bonds is 5. The van der Waals surface area contributed by atoms with Crippen LogP contribution < -0.4 is 5.32 Å². The number of halogens is 1. The topological polar surface area (TPSA) is 112 Å². The number of hydrogen-bond acceptors (Lipinski definition) is 5. The highest BCUT2D eigenvalue weighted by molar-refractivity contribution is 6.07. The molecule has 0 atom stereocenters. The van der Waals surface area contributed by atoms with Crippen LogP contribution in [0.15, 0.2) is 48.7 Å². The normalized spacial score (nSPS) is 14.5. The zero-order valence-corrected chi connectivity index (χ0v) is 16.5. The molecule has 4 rings (SSSR count). The Balaban J connectivity index is 1.35. The predicted octanol–water partition coefficient (Wildman–Crippen LogP) is 2.61. The number of non-ortho nitro benzene ring substituents is 1. The van der Waals surface area contributed by atoms with E-state index in [0.717, 1.165) is 0 Å². The zero-order chi connectivity index (χ0) is 22.0. The van der Waals surface area contributed by atoms with E-state index in [4.69, 9.17) is 0 Å². The number of benzene rings is 2. The molecule has 10 heteroatoms. The van der Waals surface area contributed by atoms with E-state index in [0.29, 0.717) is 48.3 Å². The predicted molar refractivity (Wildman–Crippen MR) is 112 cm³/mol. The molecular weight excluding hydrogens is 405 g/mol. The number of H-pyrrole nitrogens is 1. The lowest BCUT2D eigenvalue weighted by molar-refractivity contribution is -0.384. The third-order valence-corrected chi connectivity index (χ3v) is 5.26. The second kappa shape index (κ2) is 8.52. The molecule has 0 spiro atoms. The lowest BCUT2D eigenvalue weighted by atomic mass is 10.1. The summed E-state index contributed by atoms with van der Waals surface area (Å²) >= 11 is 0. The molecule has 1 aliphatic heterocycles. The van der Waals surface area contributed by atoms with Crippen molar-refractivity contribution < 1.29 is 18.9 Å². The standard InChI is InChI=1S/C21H20FN5O4/c22-14-1-3-15(4-2-14)24-20(28)13-25-7-9-26(10-8-25)21(29)18-12-23-19-6-5-16(27(30)31)11-17(18)19/h1-6,11-12,23H,7-10,13H2,(H,24,28). The lowest BCUT2D eigenvalue weighted by Crippen LogP contribution is -2.50. The van der Waals surface area contributed by atoms with Gasteiger partial charge >= 0.3 is 0 Å². The van der Waals surface area contributed by atoms with Crippen molar-refractivity contribution in [2.75, 3.05) is 38.0 Å². The number of nitrogens with one attached hydrogen (secondary N) is 2. The van der Waals surface area contributed by atoms with Crippen LogP contribution in [-0.2, 0) is 4.79 Å². The molecule has 160 valence electrons. The molecule has 2 heterocycles. The van der Waals surface area contributed by atoms with Crippen LogP contribution in [0.5, 0.6) is 0 Å². The maximum absolute atomic E-state index is 13.0. The Bertz CT molecular complexity index is 1140. The minimum atomic E-state index is -0.490. The quantitative estimate of drug-likeness (QED) is 0.482. The third kappa shape index (κ3) is 4.53. The third-order valence-electron chi connectivity index (χ3n) is 5.26. The summed E-state index contributed by atoms with van der Waals surface area (Å²) < 4.78 is 13.0. The molecule has 1 aromatic heterocycles. The van der Waals surface area contributed by atoms with Crippen molar-refractivity contribution in [1.29, 1.82) is 0 Å². The van der Waals surface area contributed by atoms with E-state index in [1.54, 1.807) is 17.2 Å². The number of carbonyl (C=O) groups is 2. The first kappa shape index (κ1) is 20.5. The summed E-state index contributed by atoms with van der Waals surface area (Å²) in [6, 6.07) is 9.92. The molecule has 2 aromatic carbocycles. The molecule has 0 aliphatic carbocycles. The van der Waals surface area contributed by atoms with Gasteiger partial charge in [0, 0.05) is 61.1 Å². The molecule has 31 heavy (non-hydrogen) atoms. The van der Waals surface area contributed by atoms with Gasteiger partial charge in [-0.15, -0.1) is 0 Å². The van der Waals surface area contributed by atoms with Crippen molar-refractivity contribution in [1.82, 2.24) is 14.8 Å². The minimum absolute atomic E-state index is 0.0712. The summed E-state index contributed by atoms with van der Waals surface area (Å²) in [5.41, 5.74) is 1.50. The van der Waals surface area contributed by atoms with Gasteiger partial charge in [0.2, 0.25) is 5.91 Å². The number of piperazine rings is 1. The summed E-state index contributed by atoms with van der Waals surface area (Å²) in [4.78, 5) is 42.3. The van der Waals surface area contributed by atoms with E-state index in [1.807, 2.05) is 4.90 Å². The minimum Gasteiger partial charge on any atom is -0.360 e. The molecule has 1 fully saturated rings. The number of anilines is 1. The molecule has 1 saturated heterocycles. The second-order valence-electron chi connectivity index (χ2n) is 7.31. The average Bonchev–Trinajstić information content (AvgIpc) is 3.18. The van der Waals surface area contributed by atoms with Crippen molar-refractivity contribution in [3.63, 3.8) is 0 Å². The smallest absolute Gasteiger partial charge is 0.270 e. The number of amides is 2. The number of carbonyl (C=O) groups excluding carboxylic acids is 2. The molecular formula is C21H20FN5O4.